The van der Waals surface area contributed by atoms with Crippen LogP contribution in [0.5, 0.6) is 0 Å². The number of aliphatic hydroxyl groups excluding tert-OH is 1. The fourth-order valence-electron chi connectivity index (χ4n) is 4.03. The first-order valence-electron chi connectivity index (χ1n) is 9.43. The van der Waals surface area contributed by atoms with Crippen LogP contribution in [0.3, 0.4) is 0 Å². The van der Waals surface area contributed by atoms with Gasteiger partial charge in [0.1, 0.15) is 5.41 Å². The van der Waals surface area contributed by atoms with Crippen LogP contribution >= 0.6 is 0 Å². The Hall–Kier alpha value is -2.15. The summed E-state index contributed by atoms with van der Waals surface area (Å²) in [4.78, 5) is 2.36. The highest BCUT2D eigenvalue weighted by molar-refractivity contribution is 5.45. The first kappa shape index (κ1) is 18.6. The van der Waals surface area contributed by atoms with E-state index in [1.165, 1.54) is 0 Å². The van der Waals surface area contributed by atoms with Crippen molar-refractivity contribution in [3.63, 3.8) is 0 Å². The summed E-state index contributed by atoms with van der Waals surface area (Å²) in [6.45, 7) is 6.10. The van der Waals surface area contributed by atoms with Gasteiger partial charge in [-0.15, -0.1) is 0 Å². The number of aliphatic hydroxyl groups is 1. The van der Waals surface area contributed by atoms with Gasteiger partial charge in [-0.25, -0.2) is 0 Å². The second-order valence-electron chi connectivity index (χ2n) is 7.95. The summed E-state index contributed by atoms with van der Waals surface area (Å²) in [5, 5.41) is 20.2. The number of nitriles is 1. The molecule has 0 aliphatic carbocycles. The topological polar surface area (TPSA) is 47.3 Å². The van der Waals surface area contributed by atoms with Crippen LogP contribution in [0, 0.1) is 11.3 Å². The minimum atomic E-state index is -0.655. The normalized spacial score (nSPS) is 18.6. The molecule has 0 aromatic heterocycles. The van der Waals surface area contributed by atoms with Gasteiger partial charge in [-0.1, -0.05) is 60.7 Å². The smallest absolute Gasteiger partial charge is 0.107 e. The molecule has 26 heavy (non-hydrogen) atoms. The molecule has 1 saturated heterocycles. The third-order valence-corrected chi connectivity index (χ3v) is 5.86. The van der Waals surface area contributed by atoms with E-state index >= 15 is 0 Å². The van der Waals surface area contributed by atoms with Gasteiger partial charge in [-0.3, -0.25) is 4.90 Å². The van der Waals surface area contributed by atoms with Crippen LogP contribution in [0.1, 0.15) is 44.2 Å². The molecule has 3 heteroatoms. The zero-order valence-corrected chi connectivity index (χ0v) is 15.7. The Balaban J connectivity index is 1.91. The van der Waals surface area contributed by atoms with E-state index in [2.05, 4.69) is 49.1 Å². The van der Waals surface area contributed by atoms with E-state index in [1.807, 2.05) is 36.4 Å². The number of nitrogens with zero attached hydrogens (tertiary/aromatic N) is 2. The molecule has 0 radical (unpaired) electrons. The Kier molecular flexibility index (Phi) is 5.46. The lowest BCUT2D eigenvalue weighted by Crippen LogP contribution is -2.44. The van der Waals surface area contributed by atoms with Crippen molar-refractivity contribution in [3.8, 4) is 6.07 Å². The first-order valence-corrected chi connectivity index (χ1v) is 9.43. The number of likely N-dealkylation sites (tertiary alicyclic amines) is 1. The Morgan fingerprint density at radius 1 is 1.00 bits per heavy atom. The summed E-state index contributed by atoms with van der Waals surface area (Å²) in [7, 11) is 0. The monoisotopic (exact) mass is 348 g/mol. The number of hydrogen-bond donors (Lipinski definition) is 1. The molecule has 0 bridgehead atoms. The Bertz CT molecular complexity index is 709. The molecule has 3 nitrogen and oxygen atoms in total. The Morgan fingerprint density at radius 2 is 1.54 bits per heavy atom. The Morgan fingerprint density at radius 3 is 1.96 bits per heavy atom. The van der Waals surface area contributed by atoms with Gasteiger partial charge < -0.3 is 5.11 Å². The summed E-state index contributed by atoms with van der Waals surface area (Å²) in [5.74, 6) is 0. The van der Waals surface area contributed by atoms with Gasteiger partial charge in [-0.05, 0) is 44.2 Å². The highest BCUT2D eigenvalue weighted by atomic mass is 16.3. The average molecular weight is 348 g/mol. The molecule has 1 aliphatic heterocycles. The van der Waals surface area contributed by atoms with E-state index in [0.717, 1.165) is 43.5 Å². The number of rotatable bonds is 6. The fourth-order valence-corrected chi connectivity index (χ4v) is 4.03. The predicted octanol–water partition coefficient (Wildman–Crippen LogP) is 4.12. The lowest BCUT2D eigenvalue weighted by Gasteiger charge is -2.38. The van der Waals surface area contributed by atoms with Gasteiger partial charge in [-0.2, -0.15) is 5.26 Å². The third-order valence-electron chi connectivity index (χ3n) is 5.86. The van der Waals surface area contributed by atoms with E-state index in [9.17, 15) is 10.4 Å². The molecule has 1 fully saturated rings. The standard InChI is InChI=1S/C23H28N2O/c1-22(2,25-16-13-21(26)17-25)14-15-23(18-24,19-9-5-3-6-10-19)20-11-7-4-8-12-20/h3-12,21,26H,13-17H2,1-2H3/t21-/m0/s1. The van der Waals surface area contributed by atoms with Gasteiger partial charge in [0.05, 0.1) is 12.2 Å². The molecule has 0 amide bonds. The maximum absolute atomic E-state index is 10.3. The highest BCUT2D eigenvalue weighted by Crippen LogP contribution is 2.39. The van der Waals surface area contributed by atoms with Crippen LogP contribution in [0.4, 0.5) is 0 Å². The van der Waals surface area contributed by atoms with Gasteiger partial charge in [0, 0.05) is 18.6 Å². The van der Waals surface area contributed by atoms with Crippen molar-refractivity contribution in [1.82, 2.24) is 4.90 Å². The lowest BCUT2D eigenvalue weighted by atomic mass is 9.70. The molecule has 136 valence electrons. The quantitative estimate of drug-likeness (QED) is 0.854. The van der Waals surface area contributed by atoms with Crippen LogP contribution in [0.25, 0.3) is 0 Å². The average Bonchev–Trinajstić information content (AvgIpc) is 3.12. The van der Waals surface area contributed by atoms with Crippen LogP contribution < -0.4 is 0 Å². The van der Waals surface area contributed by atoms with Crippen molar-refractivity contribution in [3.05, 3.63) is 71.8 Å². The van der Waals surface area contributed by atoms with Crippen molar-refractivity contribution in [2.75, 3.05) is 13.1 Å². The van der Waals surface area contributed by atoms with Crippen LogP contribution in [-0.2, 0) is 5.41 Å². The Labute approximate surface area is 156 Å². The molecule has 3 rings (SSSR count). The van der Waals surface area contributed by atoms with Crippen molar-refractivity contribution >= 4 is 0 Å². The maximum Gasteiger partial charge on any atom is 0.107 e. The highest BCUT2D eigenvalue weighted by Gasteiger charge is 2.39. The van der Waals surface area contributed by atoms with Crippen LogP contribution in [0.2, 0.25) is 0 Å². The van der Waals surface area contributed by atoms with E-state index in [4.69, 9.17) is 0 Å². The molecule has 2 aromatic carbocycles. The molecule has 1 atom stereocenters. The molecule has 1 N–H and O–H groups in total. The van der Waals surface area contributed by atoms with Gasteiger partial charge >= 0.3 is 0 Å². The van der Waals surface area contributed by atoms with E-state index < -0.39 is 5.41 Å². The summed E-state index contributed by atoms with van der Waals surface area (Å²) in [5.41, 5.74) is 1.39. The largest absolute Gasteiger partial charge is 0.392 e. The predicted molar refractivity (Wildman–Crippen MR) is 105 cm³/mol. The minimum Gasteiger partial charge on any atom is -0.392 e. The summed E-state index contributed by atoms with van der Waals surface area (Å²) in [6, 6.07) is 22.9. The SMILES string of the molecule is CC(C)(CCC(C#N)(c1ccccc1)c1ccccc1)N1CC[C@H](O)C1. The zero-order chi connectivity index (χ0) is 18.6. The maximum atomic E-state index is 10.3. The van der Waals surface area contributed by atoms with E-state index in [0.29, 0.717) is 0 Å². The number of β-amino-alcohol motifs (C(OH)–C–C–N with tert-alkyl or cyclic N) is 1. The summed E-state index contributed by atoms with van der Waals surface area (Å²) < 4.78 is 0. The van der Waals surface area contributed by atoms with Gasteiger partial charge in [0.2, 0.25) is 0 Å². The minimum absolute atomic E-state index is 0.0524. The molecule has 0 spiro atoms. The number of benzene rings is 2. The molecular formula is C23H28N2O. The van der Waals surface area contributed by atoms with Crippen molar-refractivity contribution in [2.24, 2.45) is 0 Å². The molecule has 2 aromatic rings. The van der Waals surface area contributed by atoms with Crippen LogP contribution in [-0.4, -0.2) is 34.7 Å². The second kappa shape index (κ2) is 7.61. The number of hydrogen-bond acceptors (Lipinski definition) is 3. The van der Waals surface area contributed by atoms with E-state index in [1.54, 1.807) is 0 Å². The molecule has 1 aliphatic rings. The summed E-state index contributed by atoms with van der Waals surface area (Å²) >= 11 is 0. The fraction of sp³-hybridized carbons (Fsp3) is 0.435. The molecule has 0 saturated carbocycles. The zero-order valence-electron chi connectivity index (χ0n) is 15.7. The molecule has 1 heterocycles. The first-order chi connectivity index (χ1) is 12.5. The molecule has 0 unspecified atom stereocenters. The summed E-state index contributed by atoms with van der Waals surface area (Å²) in [6.07, 6.45) is 2.25. The van der Waals surface area contributed by atoms with Crippen molar-refractivity contribution in [1.29, 1.82) is 5.26 Å². The van der Waals surface area contributed by atoms with Crippen molar-refractivity contribution < 1.29 is 5.11 Å². The van der Waals surface area contributed by atoms with Crippen molar-refractivity contribution in [2.45, 2.75) is 50.2 Å². The third kappa shape index (κ3) is 3.67. The van der Waals surface area contributed by atoms with E-state index in [-0.39, 0.29) is 11.6 Å². The van der Waals surface area contributed by atoms with Gasteiger partial charge in [0.15, 0.2) is 0 Å². The lowest BCUT2D eigenvalue weighted by molar-refractivity contribution is 0.107. The van der Waals surface area contributed by atoms with Gasteiger partial charge in [0.25, 0.3) is 0 Å². The molecular weight excluding hydrogens is 320 g/mol. The van der Waals surface area contributed by atoms with Crippen LogP contribution in [0.15, 0.2) is 60.7 Å². The second-order valence-corrected chi connectivity index (χ2v) is 7.95.